The van der Waals surface area contributed by atoms with Gasteiger partial charge in [-0.05, 0) is 0 Å². The first kappa shape index (κ1) is 10.4. The highest BCUT2D eigenvalue weighted by Crippen LogP contribution is 2.01. The number of rotatable bonds is 4. The van der Waals surface area contributed by atoms with E-state index in [1.807, 2.05) is 0 Å². The molecule has 0 aromatic carbocycles. The number of hydrogen-bond acceptors (Lipinski definition) is 4. The van der Waals surface area contributed by atoms with E-state index in [-0.39, 0.29) is 5.70 Å². The van der Waals surface area contributed by atoms with Crippen molar-refractivity contribution in [2.24, 2.45) is 0 Å². The van der Waals surface area contributed by atoms with Crippen LogP contribution < -0.4 is 5.32 Å². The van der Waals surface area contributed by atoms with Crippen LogP contribution in [0.5, 0.6) is 0 Å². The number of allylic oxidation sites excluding steroid dienone is 2. The maximum Gasteiger partial charge on any atom is 0.354 e. The molecular formula is C8H12N2O2. The van der Waals surface area contributed by atoms with Crippen molar-refractivity contribution >= 4 is 12.2 Å². The molecule has 0 atom stereocenters. The van der Waals surface area contributed by atoms with Crippen molar-refractivity contribution in [3.8, 4) is 0 Å². The zero-order valence-corrected chi connectivity index (χ0v) is 7.18. The average molecular weight is 168 g/mol. The summed E-state index contributed by atoms with van der Waals surface area (Å²) in [5.41, 5.74) is 0.645. The topological polar surface area (TPSA) is 62.2 Å². The first-order chi connectivity index (χ1) is 5.71. The van der Waals surface area contributed by atoms with Crippen LogP contribution in [0.15, 0.2) is 23.9 Å². The standard InChI is InChI=1S/C8H12N2O2/c1-4-6(5-9)7(10-2)8(11)12-3/h4-5,9-10H,1H2,2-3H3/b7-6-,9-5?. The van der Waals surface area contributed by atoms with Gasteiger partial charge in [0.2, 0.25) is 0 Å². The molecule has 0 unspecified atom stereocenters. The summed E-state index contributed by atoms with van der Waals surface area (Å²) in [6, 6.07) is 0. The van der Waals surface area contributed by atoms with Gasteiger partial charge in [0.1, 0.15) is 5.70 Å². The number of nitrogens with one attached hydrogen (secondary N) is 2. The third-order valence-corrected chi connectivity index (χ3v) is 1.30. The van der Waals surface area contributed by atoms with Crippen molar-refractivity contribution in [1.82, 2.24) is 5.32 Å². The molecule has 0 aliphatic carbocycles. The molecule has 0 saturated heterocycles. The van der Waals surface area contributed by atoms with E-state index in [1.165, 1.54) is 13.2 Å². The minimum Gasteiger partial charge on any atom is -0.464 e. The van der Waals surface area contributed by atoms with Gasteiger partial charge in [0.15, 0.2) is 0 Å². The largest absolute Gasteiger partial charge is 0.464 e. The fourth-order valence-corrected chi connectivity index (χ4v) is 0.699. The zero-order valence-electron chi connectivity index (χ0n) is 7.18. The summed E-state index contributed by atoms with van der Waals surface area (Å²) in [6.07, 6.45) is 2.45. The number of ether oxygens (including phenoxy) is 1. The minimum absolute atomic E-state index is 0.238. The molecule has 0 heterocycles. The van der Waals surface area contributed by atoms with Gasteiger partial charge in [-0.25, -0.2) is 4.79 Å². The molecule has 2 N–H and O–H groups in total. The lowest BCUT2D eigenvalue weighted by molar-refractivity contribution is -0.136. The van der Waals surface area contributed by atoms with Crippen LogP contribution in [0.1, 0.15) is 0 Å². The molecule has 0 fully saturated rings. The van der Waals surface area contributed by atoms with Gasteiger partial charge in [-0.2, -0.15) is 0 Å². The molecule has 4 nitrogen and oxygen atoms in total. The Morgan fingerprint density at radius 3 is 2.50 bits per heavy atom. The quantitative estimate of drug-likeness (QED) is 0.277. The van der Waals surface area contributed by atoms with E-state index in [0.717, 1.165) is 6.21 Å². The number of carbonyl (C=O) groups is 1. The van der Waals surface area contributed by atoms with Crippen LogP contribution in [0.4, 0.5) is 0 Å². The maximum absolute atomic E-state index is 11.0. The van der Waals surface area contributed by atoms with Gasteiger partial charge in [0, 0.05) is 18.8 Å². The van der Waals surface area contributed by atoms with Crippen LogP contribution in [0.3, 0.4) is 0 Å². The second kappa shape index (κ2) is 5.12. The predicted molar refractivity (Wildman–Crippen MR) is 47.1 cm³/mol. The van der Waals surface area contributed by atoms with Gasteiger partial charge in [-0.15, -0.1) is 0 Å². The Kier molecular flexibility index (Phi) is 4.45. The SMILES string of the molecule is C=C/C(C=N)=C(/NC)C(=O)OC. The van der Waals surface area contributed by atoms with Crippen LogP contribution >= 0.6 is 0 Å². The van der Waals surface area contributed by atoms with Gasteiger partial charge in [-0.3, -0.25) is 0 Å². The predicted octanol–water partition coefficient (Wildman–Crippen LogP) is 0.468. The van der Waals surface area contributed by atoms with Gasteiger partial charge >= 0.3 is 5.97 Å². The summed E-state index contributed by atoms with van der Waals surface area (Å²) in [6.45, 7) is 3.46. The monoisotopic (exact) mass is 168 g/mol. The van der Waals surface area contributed by atoms with E-state index in [2.05, 4.69) is 16.6 Å². The van der Waals surface area contributed by atoms with Crippen molar-refractivity contribution in [2.45, 2.75) is 0 Å². The molecule has 0 aliphatic rings. The average Bonchev–Trinajstić information content (AvgIpc) is 2.12. The van der Waals surface area contributed by atoms with Crippen molar-refractivity contribution < 1.29 is 9.53 Å². The Balaban J connectivity index is 4.93. The molecule has 0 saturated carbocycles. The lowest BCUT2D eigenvalue weighted by Crippen LogP contribution is -2.19. The first-order valence-corrected chi connectivity index (χ1v) is 3.34. The van der Waals surface area contributed by atoms with Crippen LogP contribution in [0.25, 0.3) is 0 Å². The summed E-state index contributed by atoms with van der Waals surface area (Å²) >= 11 is 0. The lowest BCUT2D eigenvalue weighted by atomic mass is 10.2. The first-order valence-electron chi connectivity index (χ1n) is 3.34. The molecule has 0 aromatic rings. The second-order valence-electron chi connectivity index (χ2n) is 1.92. The number of likely N-dealkylation sites (N-methyl/N-ethyl adjacent to an activating group) is 1. The Bertz CT molecular complexity index is 221. The van der Waals surface area contributed by atoms with Gasteiger partial charge < -0.3 is 15.5 Å². The Morgan fingerprint density at radius 1 is 1.67 bits per heavy atom. The summed E-state index contributed by atoms with van der Waals surface area (Å²) in [5.74, 6) is -0.504. The Morgan fingerprint density at radius 2 is 2.25 bits per heavy atom. The van der Waals surface area contributed by atoms with E-state index >= 15 is 0 Å². The van der Waals surface area contributed by atoms with E-state index < -0.39 is 5.97 Å². The summed E-state index contributed by atoms with van der Waals surface area (Å²) in [5, 5.41) is 9.60. The normalized spacial score (nSPS) is 11.2. The third kappa shape index (κ3) is 2.23. The fraction of sp³-hybridized carbons (Fsp3) is 0.250. The van der Waals surface area contributed by atoms with Gasteiger partial charge in [0.25, 0.3) is 0 Å². The van der Waals surface area contributed by atoms with Crippen LogP contribution in [-0.2, 0) is 9.53 Å². The molecule has 12 heavy (non-hydrogen) atoms. The van der Waals surface area contributed by atoms with E-state index in [0.29, 0.717) is 5.57 Å². The summed E-state index contributed by atoms with van der Waals surface area (Å²) in [4.78, 5) is 11.0. The number of carbonyl (C=O) groups excluding carboxylic acids is 1. The van der Waals surface area contributed by atoms with E-state index in [4.69, 9.17) is 5.41 Å². The molecule has 0 rings (SSSR count). The molecular weight excluding hydrogens is 156 g/mol. The van der Waals surface area contributed by atoms with Crippen LogP contribution in [0.2, 0.25) is 0 Å². The summed E-state index contributed by atoms with van der Waals surface area (Å²) in [7, 11) is 2.86. The minimum atomic E-state index is -0.504. The maximum atomic E-state index is 11.0. The Hall–Kier alpha value is -1.58. The van der Waals surface area contributed by atoms with Crippen molar-refractivity contribution in [3.63, 3.8) is 0 Å². The molecule has 0 aromatic heterocycles. The van der Waals surface area contributed by atoms with E-state index in [9.17, 15) is 4.79 Å². The highest BCUT2D eigenvalue weighted by molar-refractivity contribution is 5.96. The molecule has 0 spiro atoms. The molecule has 66 valence electrons. The van der Waals surface area contributed by atoms with E-state index in [1.54, 1.807) is 7.05 Å². The fourth-order valence-electron chi connectivity index (χ4n) is 0.699. The number of hydrogen-bond donors (Lipinski definition) is 2. The zero-order chi connectivity index (χ0) is 9.56. The van der Waals surface area contributed by atoms with Crippen molar-refractivity contribution in [2.75, 3.05) is 14.2 Å². The lowest BCUT2D eigenvalue weighted by Gasteiger charge is -2.05. The molecule has 0 bridgehead atoms. The molecule has 0 amide bonds. The number of esters is 1. The van der Waals surface area contributed by atoms with Crippen LogP contribution in [0, 0.1) is 5.41 Å². The van der Waals surface area contributed by atoms with Crippen molar-refractivity contribution in [1.29, 1.82) is 5.41 Å². The summed E-state index contributed by atoms with van der Waals surface area (Å²) < 4.78 is 4.48. The highest BCUT2D eigenvalue weighted by atomic mass is 16.5. The smallest absolute Gasteiger partial charge is 0.354 e. The number of methoxy groups -OCH3 is 1. The molecule has 0 aliphatic heterocycles. The highest BCUT2D eigenvalue weighted by Gasteiger charge is 2.10. The Labute approximate surface area is 71.4 Å². The second-order valence-corrected chi connectivity index (χ2v) is 1.92. The van der Waals surface area contributed by atoms with Crippen LogP contribution in [-0.4, -0.2) is 26.3 Å². The molecule has 4 heteroatoms. The third-order valence-electron chi connectivity index (χ3n) is 1.30. The van der Waals surface area contributed by atoms with Gasteiger partial charge in [-0.1, -0.05) is 12.7 Å². The molecule has 0 radical (unpaired) electrons. The van der Waals surface area contributed by atoms with Crippen molar-refractivity contribution in [3.05, 3.63) is 23.9 Å². The van der Waals surface area contributed by atoms with Gasteiger partial charge in [0.05, 0.1) is 7.11 Å².